The van der Waals surface area contributed by atoms with Crippen LogP contribution in [0.25, 0.3) is 6.08 Å². The van der Waals surface area contributed by atoms with Crippen LogP contribution in [0.15, 0.2) is 65.8 Å². The molecular weight excluding hydrogens is 392 g/mol. The van der Waals surface area contributed by atoms with E-state index in [0.717, 1.165) is 5.56 Å². The van der Waals surface area contributed by atoms with Gasteiger partial charge in [0.2, 0.25) is 21.8 Å². The molecule has 1 aromatic heterocycles. The number of sulfonamides is 1. The van der Waals surface area contributed by atoms with Gasteiger partial charge in [0.1, 0.15) is 4.90 Å². The molecule has 3 rings (SSSR count). The van der Waals surface area contributed by atoms with Crippen LogP contribution in [0.3, 0.4) is 0 Å². The number of rotatable bonds is 6. The van der Waals surface area contributed by atoms with Gasteiger partial charge in [0.15, 0.2) is 0 Å². The molecule has 0 saturated carbocycles. The number of hydrogen-bond acceptors (Lipinski definition) is 5. The van der Waals surface area contributed by atoms with Crippen LogP contribution < -0.4 is 5.32 Å². The smallest absolute Gasteiger partial charge is 0.244 e. The van der Waals surface area contributed by atoms with Crippen LogP contribution in [-0.2, 0) is 19.6 Å². The highest BCUT2D eigenvalue weighted by Gasteiger charge is 2.30. The van der Waals surface area contributed by atoms with E-state index < -0.39 is 10.0 Å². The molecule has 0 aliphatic carbocycles. The van der Waals surface area contributed by atoms with Crippen molar-refractivity contribution in [1.82, 2.24) is 19.5 Å². The molecule has 9 heteroatoms. The highest BCUT2D eigenvalue weighted by molar-refractivity contribution is 7.89. The summed E-state index contributed by atoms with van der Waals surface area (Å²) < 4.78 is 26.5. The van der Waals surface area contributed by atoms with E-state index in [0.29, 0.717) is 0 Å². The lowest BCUT2D eigenvalue weighted by molar-refractivity contribution is -0.133. The van der Waals surface area contributed by atoms with Crippen molar-refractivity contribution in [2.24, 2.45) is 0 Å². The lowest BCUT2D eigenvalue weighted by atomic mass is 10.2. The van der Waals surface area contributed by atoms with Crippen LogP contribution in [0.5, 0.6) is 0 Å². The predicted molar refractivity (Wildman–Crippen MR) is 108 cm³/mol. The Morgan fingerprint density at radius 2 is 1.76 bits per heavy atom. The molecule has 0 bridgehead atoms. The molecule has 1 saturated heterocycles. The van der Waals surface area contributed by atoms with E-state index >= 15 is 0 Å². The predicted octanol–water partition coefficient (Wildman–Crippen LogP) is 0.744. The van der Waals surface area contributed by atoms with Crippen LogP contribution in [0, 0.1) is 0 Å². The van der Waals surface area contributed by atoms with Gasteiger partial charge in [-0.05, 0) is 23.8 Å². The molecule has 8 nitrogen and oxygen atoms in total. The molecule has 1 aliphatic heterocycles. The number of benzene rings is 1. The fourth-order valence-electron chi connectivity index (χ4n) is 2.90. The van der Waals surface area contributed by atoms with Crippen molar-refractivity contribution in [2.45, 2.75) is 4.90 Å². The van der Waals surface area contributed by atoms with E-state index in [1.807, 2.05) is 30.3 Å². The lowest BCUT2D eigenvalue weighted by Gasteiger charge is -2.34. The van der Waals surface area contributed by atoms with Gasteiger partial charge in [0.05, 0.1) is 6.54 Å². The summed E-state index contributed by atoms with van der Waals surface area (Å²) in [6, 6.07) is 12.4. The van der Waals surface area contributed by atoms with Crippen molar-refractivity contribution < 1.29 is 18.0 Å². The minimum atomic E-state index is -3.62. The zero-order chi connectivity index (χ0) is 20.7. The summed E-state index contributed by atoms with van der Waals surface area (Å²) in [7, 11) is -3.62. The fourth-order valence-corrected chi connectivity index (χ4v) is 4.28. The molecule has 29 heavy (non-hydrogen) atoms. The SMILES string of the molecule is O=C(/C=C/c1ccccc1)NCC(=O)N1CCN(S(=O)(=O)c2cccnc2)CC1. The number of hydrogen-bond donors (Lipinski definition) is 1. The third kappa shape index (κ3) is 5.49. The van der Waals surface area contributed by atoms with Gasteiger partial charge in [-0.25, -0.2) is 8.42 Å². The first-order valence-corrected chi connectivity index (χ1v) is 10.6. The van der Waals surface area contributed by atoms with Crippen molar-refractivity contribution in [2.75, 3.05) is 32.7 Å². The average molecular weight is 414 g/mol. The zero-order valence-corrected chi connectivity index (χ0v) is 16.6. The summed E-state index contributed by atoms with van der Waals surface area (Å²) in [5, 5.41) is 2.56. The van der Waals surface area contributed by atoms with Crippen LogP contribution in [0.2, 0.25) is 0 Å². The van der Waals surface area contributed by atoms with E-state index in [9.17, 15) is 18.0 Å². The minimum Gasteiger partial charge on any atom is -0.343 e. The summed E-state index contributed by atoms with van der Waals surface area (Å²) in [6.45, 7) is 0.811. The van der Waals surface area contributed by atoms with Crippen molar-refractivity contribution >= 4 is 27.9 Å². The summed E-state index contributed by atoms with van der Waals surface area (Å²) in [4.78, 5) is 29.7. The quantitative estimate of drug-likeness (QED) is 0.703. The lowest BCUT2D eigenvalue weighted by Crippen LogP contribution is -2.52. The third-order valence-corrected chi connectivity index (χ3v) is 6.39. The molecule has 2 heterocycles. The first kappa shape index (κ1) is 20.7. The van der Waals surface area contributed by atoms with Crippen molar-refractivity contribution in [3.05, 3.63) is 66.5 Å². The maximum atomic E-state index is 12.6. The van der Waals surface area contributed by atoms with E-state index in [1.165, 1.54) is 28.8 Å². The number of piperazine rings is 1. The second kappa shape index (κ2) is 9.44. The Labute approximate surface area is 169 Å². The van der Waals surface area contributed by atoms with Gasteiger partial charge >= 0.3 is 0 Å². The molecule has 0 radical (unpaired) electrons. The first-order valence-electron chi connectivity index (χ1n) is 9.16. The Kier molecular flexibility index (Phi) is 6.73. The molecule has 0 unspecified atom stereocenters. The minimum absolute atomic E-state index is 0.132. The fraction of sp³-hybridized carbons (Fsp3) is 0.250. The number of pyridine rings is 1. The molecule has 0 spiro atoms. The van der Waals surface area contributed by atoms with E-state index in [2.05, 4.69) is 10.3 Å². The van der Waals surface area contributed by atoms with Gasteiger partial charge in [0.25, 0.3) is 0 Å². The van der Waals surface area contributed by atoms with Crippen molar-refractivity contribution in [3.63, 3.8) is 0 Å². The van der Waals surface area contributed by atoms with Gasteiger partial charge in [0, 0.05) is 44.6 Å². The van der Waals surface area contributed by atoms with Crippen molar-refractivity contribution in [3.8, 4) is 0 Å². The summed E-state index contributed by atoms with van der Waals surface area (Å²) in [5.41, 5.74) is 0.889. The Bertz CT molecular complexity index is 970. The molecule has 152 valence electrons. The largest absolute Gasteiger partial charge is 0.343 e. The molecule has 1 fully saturated rings. The maximum absolute atomic E-state index is 12.6. The molecule has 1 N–H and O–H groups in total. The highest BCUT2D eigenvalue weighted by atomic mass is 32.2. The Morgan fingerprint density at radius 1 is 1.03 bits per heavy atom. The summed E-state index contributed by atoms with van der Waals surface area (Å²) >= 11 is 0. The van der Waals surface area contributed by atoms with Crippen LogP contribution in [-0.4, -0.2) is 67.1 Å². The monoisotopic (exact) mass is 414 g/mol. The van der Waals surface area contributed by atoms with Crippen LogP contribution in [0.4, 0.5) is 0 Å². The topological polar surface area (TPSA) is 99.7 Å². The Balaban J connectivity index is 1.46. The molecule has 1 aromatic carbocycles. The Hall–Kier alpha value is -3.04. The van der Waals surface area contributed by atoms with E-state index in [4.69, 9.17) is 0 Å². The zero-order valence-electron chi connectivity index (χ0n) is 15.8. The molecule has 1 aliphatic rings. The standard InChI is InChI=1S/C20H22N4O4S/c25-19(9-8-17-5-2-1-3-6-17)22-16-20(26)23-11-13-24(14-12-23)29(27,28)18-7-4-10-21-15-18/h1-10,15H,11-14,16H2,(H,22,25)/b9-8+. The Morgan fingerprint density at radius 3 is 2.41 bits per heavy atom. The maximum Gasteiger partial charge on any atom is 0.244 e. The molecule has 2 amide bonds. The molecule has 0 atom stereocenters. The number of amides is 2. The number of aromatic nitrogens is 1. The van der Waals surface area contributed by atoms with E-state index in [-0.39, 0.29) is 49.4 Å². The van der Waals surface area contributed by atoms with Gasteiger partial charge in [-0.3, -0.25) is 14.6 Å². The van der Waals surface area contributed by atoms with Gasteiger partial charge in [-0.1, -0.05) is 30.3 Å². The van der Waals surface area contributed by atoms with Gasteiger partial charge < -0.3 is 10.2 Å². The highest BCUT2D eigenvalue weighted by Crippen LogP contribution is 2.16. The normalized spacial score (nSPS) is 15.4. The number of carbonyl (C=O) groups excluding carboxylic acids is 2. The van der Waals surface area contributed by atoms with E-state index in [1.54, 1.807) is 17.0 Å². The number of nitrogens with one attached hydrogen (secondary N) is 1. The number of nitrogens with zero attached hydrogens (tertiary/aromatic N) is 3. The van der Waals surface area contributed by atoms with Crippen LogP contribution in [0.1, 0.15) is 5.56 Å². The third-order valence-electron chi connectivity index (χ3n) is 4.50. The van der Waals surface area contributed by atoms with Gasteiger partial charge in [-0.2, -0.15) is 4.31 Å². The molecular formula is C20H22N4O4S. The average Bonchev–Trinajstić information content (AvgIpc) is 2.77. The second-order valence-electron chi connectivity index (χ2n) is 6.44. The van der Waals surface area contributed by atoms with Gasteiger partial charge in [-0.15, -0.1) is 0 Å². The molecule has 2 aromatic rings. The van der Waals surface area contributed by atoms with Crippen LogP contribution >= 0.6 is 0 Å². The second-order valence-corrected chi connectivity index (χ2v) is 8.37. The first-order chi connectivity index (χ1) is 14.0. The van der Waals surface area contributed by atoms with Crippen molar-refractivity contribution in [1.29, 1.82) is 0 Å². The number of carbonyl (C=O) groups is 2. The summed E-state index contributed by atoms with van der Waals surface area (Å²) in [5.74, 6) is -0.607. The summed E-state index contributed by atoms with van der Waals surface area (Å²) in [6.07, 6.45) is 5.87.